The number of rotatable bonds is 4. The van der Waals surface area contributed by atoms with E-state index >= 15 is 0 Å². The van der Waals surface area contributed by atoms with Gasteiger partial charge < -0.3 is 0 Å². The molecule has 2 rings (SSSR count). The second-order valence-corrected chi connectivity index (χ2v) is 4.88. The van der Waals surface area contributed by atoms with Crippen LogP contribution in [0.15, 0.2) is 59.1 Å². The Morgan fingerprint density at radius 1 is 1.00 bits per heavy atom. The van der Waals surface area contributed by atoms with Crippen LogP contribution in [0.25, 0.3) is 0 Å². The highest BCUT2D eigenvalue weighted by Gasteiger charge is 2.09. The van der Waals surface area contributed by atoms with Gasteiger partial charge in [-0.3, -0.25) is 11.3 Å². The van der Waals surface area contributed by atoms with E-state index in [1.54, 1.807) is 0 Å². The summed E-state index contributed by atoms with van der Waals surface area (Å²) in [6.07, 6.45) is 0.888. The minimum atomic E-state index is 0.144. The van der Waals surface area contributed by atoms with Crippen molar-refractivity contribution in [2.75, 3.05) is 0 Å². The zero-order valence-electron chi connectivity index (χ0n) is 9.44. The maximum atomic E-state index is 5.63. The molecule has 0 aromatic heterocycles. The highest BCUT2D eigenvalue weighted by Crippen LogP contribution is 2.19. The molecule has 3 heteroatoms. The maximum absolute atomic E-state index is 5.63. The molecule has 0 amide bonds. The standard InChI is InChI=1S/C14H15BrN2/c15-13-8-6-12(7-9-13)14(17-16)10-11-4-2-1-3-5-11/h1-9,14,17H,10,16H2/t14-/m1/s1. The van der Waals surface area contributed by atoms with Crippen LogP contribution < -0.4 is 11.3 Å². The number of hydrogen-bond acceptors (Lipinski definition) is 2. The molecule has 0 radical (unpaired) electrons. The fourth-order valence-electron chi connectivity index (χ4n) is 1.82. The summed E-state index contributed by atoms with van der Waals surface area (Å²) in [5.41, 5.74) is 5.34. The van der Waals surface area contributed by atoms with Crippen LogP contribution in [0, 0.1) is 0 Å². The Balaban J connectivity index is 2.14. The molecule has 2 aromatic rings. The lowest BCUT2D eigenvalue weighted by Crippen LogP contribution is -2.29. The highest BCUT2D eigenvalue weighted by atomic mass is 79.9. The first-order chi connectivity index (χ1) is 8.29. The molecule has 88 valence electrons. The van der Waals surface area contributed by atoms with E-state index < -0.39 is 0 Å². The first kappa shape index (κ1) is 12.3. The molecule has 0 aliphatic carbocycles. The number of hydrazine groups is 1. The molecule has 0 unspecified atom stereocenters. The molecule has 0 bridgehead atoms. The van der Waals surface area contributed by atoms with Crippen molar-refractivity contribution in [3.05, 3.63) is 70.2 Å². The summed E-state index contributed by atoms with van der Waals surface area (Å²) in [4.78, 5) is 0. The van der Waals surface area contributed by atoms with Crippen molar-refractivity contribution in [1.29, 1.82) is 0 Å². The SMILES string of the molecule is NN[C@H](Cc1ccccc1)c1ccc(Br)cc1. The molecule has 0 saturated carbocycles. The van der Waals surface area contributed by atoms with E-state index in [1.807, 2.05) is 30.3 Å². The van der Waals surface area contributed by atoms with Crippen LogP contribution in [0.4, 0.5) is 0 Å². The summed E-state index contributed by atoms with van der Waals surface area (Å²) >= 11 is 3.43. The van der Waals surface area contributed by atoms with Gasteiger partial charge in [0, 0.05) is 10.5 Å². The van der Waals surface area contributed by atoms with Gasteiger partial charge in [0.15, 0.2) is 0 Å². The fraction of sp³-hybridized carbons (Fsp3) is 0.143. The Labute approximate surface area is 110 Å². The van der Waals surface area contributed by atoms with E-state index in [0.717, 1.165) is 10.9 Å². The van der Waals surface area contributed by atoms with Crippen LogP contribution in [-0.4, -0.2) is 0 Å². The van der Waals surface area contributed by atoms with Gasteiger partial charge in [-0.15, -0.1) is 0 Å². The minimum absolute atomic E-state index is 0.144. The van der Waals surface area contributed by atoms with Crippen molar-refractivity contribution in [1.82, 2.24) is 5.43 Å². The van der Waals surface area contributed by atoms with Gasteiger partial charge in [0.05, 0.1) is 0 Å². The van der Waals surface area contributed by atoms with Crippen molar-refractivity contribution in [3.63, 3.8) is 0 Å². The quantitative estimate of drug-likeness (QED) is 0.670. The van der Waals surface area contributed by atoms with E-state index in [9.17, 15) is 0 Å². The summed E-state index contributed by atoms with van der Waals surface area (Å²) in [5.74, 6) is 5.63. The molecule has 0 aliphatic rings. The smallest absolute Gasteiger partial charge is 0.0500 e. The molecule has 1 atom stereocenters. The van der Waals surface area contributed by atoms with Gasteiger partial charge >= 0.3 is 0 Å². The van der Waals surface area contributed by atoms with Crippen molar-refractivity contribution < 1.29 is 0 Å². The number of nitrogens with two attached hydrogens (primary N) is 1. The van der Waals surface area contributed by atoms with Gasteiger partial charge in [-0.05, 0) is 29.7 Å². The monoisotopic (exact) mass is 290 g/mol. The van der Waals surface area contributed by atoms with Crippen molar-refractivity contribution >= 4 is 15.9 Å². The summed E-state index contributed by atoms with van der Waals surface area (Å²) in [6.45, 7) is 0. The molecule has 17 heavy (non-hydrogen) atoms. The summed E-state index contributed by atoms with van der Waals surface area (Å²) in [5, 5.41) is 0. The first-order valence-corrected chi connectivity index (χ1v) is 6.34. The average Bonchev–Trinajstić information content (AvgIpc) is 2.38. The molecule has 2 nitrogen and oxygen atoms in total. The van der Waals surface area contributed by atoms with Crippen molar-refractivity contribution in [2.24, 2.45) is 5.84 Å². The molecule has 0 heterocycles. The van der Waals surface area contributed by atoms with E-state index in [0.29, 0.717) is 0 Å². The number of hydrogen-bond donors (Lipinski definition) is 2. The molecule has 0 saturated heterocycles. The lowest BCUT2D eigenvalue weighted by Gasteiger charge is -2.16. The molecule has 0 aliphatic heterocycles. The summed E-state index contributed by atoms with van der Waals surface area (Å²) < 4.78 is 1.08. The molecular formula is C14H15BrN2. The highest BCUT2D eigenvalue weighted by molar-refractivity contribution is 9.10. The maximum Gasteiger partial charge on any atom is 0.0500 e. The Morgan fingerprint density at radius 3 is 2.24 bits per heavy atom. The van der Waals surface area contributed by atoms with Gasteiger partial charge in [0.2, 0.25) is 0 Å². The molecule has 3 N–H and O–H groups in total. The molecule has 0 spiro atoms. The first-order valence-electron chi connectivity index (χ1n) is 5.55. The van der Waals surface area contributed by atoms with Crippen LogP contribution in [-0.2, 0) is 6.42 Å². The van der Waals surface area contributed by atoms with Crippen molar-refractivity contribution in [2.45, 2.75) is 12.5 Å². The Kier molecular flexibility index (Phi) is 4.31. The lowest BCUT2D eigenvalue weighted by atomic mass is 10.00. The second kappa shape index (κ2) is 5.96. The van der Waals surface area contributed by atoms with E-state index in [1.165, 1.54) is 11.1 Å². The van der Waals surface area contributed by atoms with E-state index in [4.69, 9.17) is 5.84 Å². The van der Waals surface area contributed by atoms with E-state index in [-0.39, 0.29) is 6.04 Å². The normalized spacial score (nSPS) is 12.4. The Morgan fingerprint density at radius 2 is 1.65 bits per heavy atom. The zero-order valence-corrected chi connectivity index (χ0v) is 11.0. The van der Waals surface area contributed by atoms with Crippen LogP contribution in [0.1, 0.15) is 17.2 Å². The third-order valence-corrected chi connectivity index (χ3v) is 3.28. The van der Waals surface area contributed by atoms with Crippen LogP contribution in [0.5, 0.6) is 0 Å². The number of benzene rings is 2. The van der Waals surface area contributed by atoms with Gasteiger partial charge in [-0.2, -0.15) is 0 Å². The van der Waals surface area contributed by atoms with Crippen LogP contribution >= 0.6 is 15.9 Å². The third kappa shape index (κ3) is 3.40. The largest absolute Gasteiger partial charge is 0.271 e. The fourth-order valence-corrected chi connectivity index (χ4v) is 2.08. The predicted molar refractivity (Wildman–Crippen MR) is 74.4 cm³/mol. The van der Waals surface area contributed by atoms with E-state index in [2.05, 4.69) is 45.6 Å². The number of nitrogens with one attached hydrogen (secondary N) is 1. The lowest BCUT2D eigenvalue weighted by molar-refractivity contribution is 0.552. The minimum Gasteiger partial charge on any atom is -0.271 e. The van der Waals surface area contributed by atoms with Gasteiger partial charge in [-0.1, -0.05) is 58.4 Å². The Hall–Kier alpha value is -1.16. The zero-order chi connectivity index (χ0) is 12.1. The molecular weight excluding hydrogens is 276 g/mol. The van der Waals surface area contributed by atoms with Gasteiger partial charge in [-0.25, -0.2) is 0 Å². The summed E-state index contributed by atoms with van der Waals surface area (Å²) in [6, 6.07) is 18.7. The summed E-state index contributed by atoms with van der Waals surface area (Å²) in [7, 11) is 0. The second-order valence-electron chi connectivity index (χ2n) is 3.96. The predicted octanol–water partition coefficient (Wildman–Crippen LogP) is 3.20. The number of halogens is 1. The van der Waals surface area contributed by atoms with Gasteiger partial charge in [0.1, 0.15) is 0 Å². The Bertz CT molecular complexity index is 453. The van der Waals surface area contributed by atoms with Crippen LogP contribution in [0.2, 0.25) is 0 Å². The average molecular weight is 291 g/mol. The molecule has 0 fully saturated rings. The van der Waals surface area contributed by atoms with Crippen LogP contribution in [0.3, 0.4) is 0 Å². The third-order valence-electron chi connectivity index (χ3n) is 2.76. The van der Waals surface area contributed by atoms with Gasteiger partial charge in [0.25, 0.3) is 0 Å². The van der Waals surface area contributed by atoms with Crippen molar-refractivity contribution in [3.8, 4) is 0 Å². The molecule has 2 aromatic carbocycles. The topological polar surface area (TPSA) is 38.0 Å².